The topological polar surface area (TPSA) is 12.0 Å². The standard InChI is InChI=1S/C11H13ClF3NS/c12-7-9-1-3-10(4-2-9)8-16-5-6-17-11(13,14)15/h1-4,16H,5-8H2. The van der Waals surface area contributed by atoms with Crippen molar-refractivity contribution in [1.29, 1.82) is 0 Å². The first-order valence-corrected chi connectivity index (χ1v) is 6.58. The van der Waals surface area contributed by atoms with Gasteiger partial charge in [-0.1, -0.05) is 24.3 Å². The predicted octanol–water partition coefficient (Wildman–Crippen LogP) is 3.77. The molecule has 1 N–H and O–H groups in total. The number of rotatable bonds is 6. The van der Waals surface area contributed by atoms with Crippen molar-refractivity contribution in [3.8, 4) is 0 Å². The van der Waals surface area contributed by atoms with E-state index in [2.05, 4.69) is 5.32 Å². The van der Waals surface area contributed by atoms with Gasteiger partial charge >= 0.3 is 5.51 Å². The largest absolute Gasteiger partial charge is 0.441 e. The molecule has 1 nitrogen and oxygen atoms in total. The molecule has 0 amide bonds. The second-order valence-electron chi connectivity index (χ2n) is 3.42. The van der Waals surface area contributed by atoms with E-state index in [1.165, 1.54) is 0 Å². The Bertz CT molecular complexity index is 326. The minimum Gasteiger partial charge on any atom is -0.312 e. The fourth-order valence-electron chi connectivity index (χ4n) is 1.22. The van der Waals surface area contributed by atoms with Crippen LogP contribution in [0.2, 0.25) is 0 Å². The van der Waals surface area contributed by atoms with Gasteiger partial charge in [0, 0.05) is 24.7 Å². The van der Waals surface area contributed by atoms with Gasteiger partial charge < -0.3 is 5.32 Å². The van der Waals surface area contributed by atoms with Crippen molar-refractivity contribution in [2.75, 3.05) is 12.3 Å². The molecule has 0 unspecified atom stereocenters. The number of benzene rings is 1. The molecule has 0 heterocycles. The van der Waals surface area contributed by atoms with Gasteiger partial charge in [-0.2, -0.15) is 13.2 Å². The van der Waals surface area contributed by atoms with Crippen LogP contribution in [0.15, 0.2) is 24.3 Å². The van der Waals surface area contributed by atoms with Crippen molar-refractivity contribution in [3.05, 3.63) is 35.4 Å². The van der Waals surface area contributed by atoms with Crippen LogP contribution in [0.5, 0.6) is 0 Å². The van der Waals surface area contributed by atoms with Gasteiger partial charge in [-0.3, -0.25) is 0 Å². The van der Waals surface area contributed by atoms with E-state index in [-0.39, 0.29) is 17.5 Å². The number of hydrogen-bond donors (Lipinski definition) is 1. The molecular formula is C11H13ClF3NS. The van der Waals surface area contributed by atoms with Crippen LogP contribution in [0.4, 0.5) is 13.2 Å². The number of halogens is 4. The molecule has 6 heteroatoms. The summed E-state index contributed by atoms with van der Waals surface area (Å²) >= 11 is 5.64. The summed E-state index contributed by atoms with van der Waals surface area (Å²) in [6.45, 7) is 0.905. The van der Waals surface area contributed by atoms with Crippen molar-refractivity contribution in [1.82, 2.24) is 5.32 Å². The molecule has 0 bridgehead atoms. The van der Waals surface area contributed by atoms with Crippen molar-refractivity contribution < 1.29 is 13.2 Å². The summed E-state index contributed by atoms with van der Waals surface area (Å²) in [4.78, 5) is 0. The Morgan fingerprint density at radius 1 is 1.12 bits per heavy atom. The molecule has 0 fully saturated rings. The molecule has 0 aliphatic rings. The molecule has 17 heavy (non-hydrogen) atoms. The highest BCUT2D eigenvalue weighted by atomic mass is 35.5. The second-order valence-corrected chi connectivity index (χ2v) is 4.85. The first-order valence-electron chi connectivity index (χ1n) is 5.06. The predicted molar refractivity (Wildman–Crippen MR) is 66.2 cm³/mol. The van der Waals surface area contributed by atoms with Gasteiger partial charge in [0.1, 0.15) is 0 Å². The number of nitrogens with one attached hydrogen (secondary N) is 1. The van der Waals surface area contributed by atoms with Crippen molar-refractivity contribution in [2.45, 2.75) is 17.9 Å². The zero-order chi connectivity index (χ0) is 12.7. The zero-order valence-corrected chi connectivity index (χ0v) is 10.6. The minimum absolute atomic E-state index is 0.00517. The lowest BCUT2D eigenvalue weighted by Crippen LogP contribution is -2.18. The molecule has 1 rings (SSSR count). The van der Waals surface area contributed by atoms with Crippen LogP contribution in [0.25, 0.3) is 0 Å². The monoisotopic (exact) mass is 283 g/mol. The van der Waals surface area contributed by atoms with Crippen molar-refractivity contribution >= 4 is 23.4 Å². The third-order valence-corrected chi connectivity index (χ3v) is 3.10. The molecular weight excluding hydrogens is 271 g/mol. The van der Waals surface area contributed by atoms with E-state index >= 15 is 0 Å². The fourth-order valence-corrected chi connectivity index (χ4v) is 1.87. The van der Waals surface area contributed by atoms with E-state index in [0.29, 0.717) is 19.0 Å². The SMILES string of the molecule is FC(F)(F)SCCNCc1ccc(CCl)cc1. The van der Waals surface area contributed by atoms with Gasteiger partial charge in [0.25, 0.3) is 0 Å². The van der Waals surface area contributed by atoms with Crippen molar-refractivity contribution in [3.63, 3.8) is 0 Å². The first kappa shape index (κ1) is 14.7. The number of hydrogen-bond acceptors (Lipinski definition) is 2. The smallest absolute Gasteiger partial charge is 0.312 e. The van der Waals surface area contributed by atoms with E-state index in [1.807, 2.05) is 24.3 Å². The molecule has 0 aromatic heterocycles. The van der Waals surface area contributed by atoms with Crippen LogP contribution in [0.3, 0.4) is 0 Å². The van der Waals surface area contributed by atoms with E-state index in [9.17, 15) is 13.2 Å². The molecule has 1 aromatic rings. The van der Waals surface area contributed by atoms with Crippen LogP contribution in [0, 0.1) is 0 Å². The van der Waals surface area contributed by atoms with Crippen LogP contribution in [-0.4, -0.2) is 17.8 Å². The van der Waals surface area contributed by atoms with E-state index < -0.39 is 5.51 Å². The van der Waals surface area contributed by atoms with E-state index in [0.717, 1.165) is 11.1 Å². The maximum atomic E-state index is 11.8. The lowest BCUT2D eigenvalue weighted by Gasteiger charge is -2.07. The van der Waals surface area contributed by atoms with E-state index in [1.54, 1.807) is 0 Å². The normalized spacial score (nSPS) is 11.8. The van der Waals surface area contributed by atoms with Gasteiger partial charge in [-0.05, 0) is 22.9 Å². The fraction of sp³-hybridized carbons (Fsp3) is 0.455. The maximum Gasteiger partial charge on any atom is 0.441 e. The Hall–Kier alpha value is -0.390. The van der Waals surface area contributed by atoms with Gasteiger partial charge in [-0.15, -0.1) is 11.6 Å². The molecule has 0 aliphatic heterocycles. The third kappa shape index (κ3) is 6.81. The second kappa shape index (κ2) is 7.13. The summed E-state index contributed by atoms with van der Waals surface area (Å²) in [5.41, 5.74) is -2.07. The third-order valence-electron chi connectivity index (χ3n) is 2.05. The molecule has 0 atom stereocenters. The summed E-state index contributed by atoms with van der Waals surface area (Å²) in [5, 5.41) is 2.96. The summed E-state index contributed by atoms with van der Waals surface area (Å²) in [7, 11) is 0. The number of thioether (sulfide) groups is 1. The Balaban J connectivity index is 2.18. The first-order chi connectivity index (χ1) is 8.01. The molecule has 0 radical (unpaired) electrons. The van der Waals surface area contributed by atoms with Gasteiger partial charge in [0.2, 0.25) is 0 Å². The molecule has 0 saturated carbocycles. The lowest BCUT2D eigenvalue weighted by atomic mass is 10.1. The van der Waals surface area contributed by atoms with Crippen molar-refractivity contribution in [2.24, 2.45) is 0 Å². The highest BCUT2D eigenvalue weighted by molar-refractivity contribution is 8.00. The molecule has 0 saturated heterocycles. The van der Waals surface area contributed by atoms with Gasteiger partial charge in [0.15, 0.2) is 0 Å². The summed E-state index contributed by atoms with van der Waals surface area (Å²) in [6.07, 6.45) is 0. The zero-order valence-electron chi connectivity index (χ0n) is 9.06. The molecule has 96 valence electrons. The molecule has 1 aromatic carbocycles. The van der Waals surface area contributed by atoms with Gasteiger partial charge in [-0.25, -0.2) is 0 Å². The highest BCUT2D eigenvalue weighted by Gasteiger charge is 2.27. The quantitative estimate of drug-likeness (QED) is 0.630. The number of alkyl halides is 4. The van der Waals surface area contributed by atoms with Crippen LogP contribution in [-0.2, 0) is 12.4 Å². The average Bonchev–Trinajstić information content (AvgIpc) is 2.28. The Labute approximate surface area is 108 Å². The van der Waals surface area contributed by atoms with Gasteiger partial charge in [0.05, 0.1) is 0 Å². The summed E-state index contributed by atoms with van der Waals surface area (Å²) in [6, 6.07) is 7.66. The van der Waals surface area contributed by atoms with E-state index in [4.69, 9.17) is 11.6 Å². The summed E-state index contributed by atoms with van der Waals surface area (Å²) < 4.78 is 35.4. The Morgan fingerprint density at radius 3 is 2.24 bits per heavy atom. The average molecular weight is 284 g/mol. The Kier molecular flexibility index (Phi) is 6.16. The lowest BCUT2D eigenvalue weighted by molar-refractivity contribution is -0.0327. The summed E-state index contributed by atoms with van der Waals surface area (Å²) in [5.74, 6) is 0.499. The Morgan fingerprint density at radius 2 is 1.71 bits per heavy atom. The maximum absolute atomic E-state index is 11.8. The molecule has 0 spiro atoms. The van der Waals surface area contributed by atoms with Crippen LogP contribution < -0.4 is 5.32 Å². The van der Waals surface area contributed by atoms with Crippen LogP contribution in [0.1, 0.15) is 11.1 Å². The minimum atomic E-state index is -4.14. The highest BCUT2D eigenvalue weighted by Crippen LogP contribution is 2.29. The molecule has 0 aliphatic carbocycles. The van der Waals surface area contributed by atoms with Crippen LogP contribution >= 0.6 is 23.4 Å².